The van der Waals surface area contributed by atoms with E-state index >= 15 is 0 Å². The Morgan fingerprint density at radius 3 is 1.20 bits per heavy atom. The second kappa shape index (κ2) is 27.8. The van der Waals surface area contributed by atoms with Gasteiger partial charge in [-0.15, -0.1) is 0 Å². The molecule has 1 N–H and O–H groups in total. The number of carboxylic acids is 1. The first-order chi connectivity index (χ1) is 20.1. The molecule has 242 valence electrons. The summed E-state index contributed by atoms with van der Waals surface area (Å²) in [6, 6.07) is 0. The molecular formula is C37H70O4. The number of unbranched alkanes of at least 4 members (excludes halogenated alkanes) is 22. The molecular weight excluding hydrogens is 508 g/mol. The van der Waals surface area contributed by atoms with Gasteiger partial charge in [0.25, 0.3) is 0 Å². The van der Waals surface area contributed by atoms with Crippen molar-refractivity contribution in [1.82, 2.24) is 0 Å². The highest BCUT2D eigenvalue weighted by Crippen LogP contribution is 2.32. The van der Waals surface area contributed by atoms with Crippen molar-refractivity contribution < 1.29 is 19.4 Å². The number of ether oxygens (including phenoxy) is 1. The Bertz CT molecular complexity index is 604. The molecule has 1 rings (SSSR count). The van der Waals surface area contributed by atoms with Gasteiger partial charge in [0.15, 0.2) is 0 Å². The maximum atomic E-state index is 13.1. The molecule has 3 unspecified atom stereocenters. The average molecular weight is 579 g/mol. The number of esters is 1. The van der Waals surface area contributed by atoms with E-state index in [4.69, 9.17) is 4.74 Å². The molecule has 4 heteroatoms. The summed E-state index contributed by atoms with van der Waals surface area (Å²) in [5.41, 5.74) is 0. The molecule has 1 fully saturated rings. The van der Waals surface area contributed by atoms with Crippen LogP contribution in [-0.4, -0.2) is 23.1 Å². The van der Waals surface area contributed by atoms with Crippen LogP contribution in [0.5, 0.6) is 0 Å². The van der Waals surface area contributed by atoms with E-state index in [0.717, 1.165) is 38.5 Å². The van der Waals surface area contributed by atoms with Crippen molar-refractivity contribution in [1.29, 1.82) is 0 Å². The smallest absolute Gasteiger partial charge is 0.310 e. The SMILES string of the molecule is CCCCCCCCCCCCCCCCCC(CCCCCCCCCCC)OC(=O)C1CCCCC1C(=O)O. The summed E-state index contributed by atoms with van der Waals surface area (Å²) in [4.78, 5) is 24.8. The van der Waals surface area contributed by atoms with E-state index in [9.17, 15) is 14.7 Å². The Kier molecular flexibility index (Phi) is 25.7. The van der Waals surface area contributed by atoms with Gasteiger partial charge in [0, 0.05) is 0 Å². The van der Waals surface area contributed by atoms with E-state index in [2.05, 4.69) is 13.8 Å². The van der Waals surface area contributed by atoms with Gasteiger partial charge in [0.2, 0.25) is 0 Å². The highest BCUT2D eigenvalue weighted by molar-refractivity contribution is 5.81. The van der Waals surface area contributed by atoms with Gasteiger partial charge in [0.05, 0.1) is 11.8 Å². The van der Waals surface area contributed by atoms with E-state index < -0.39 is 17.8 Å². The van der Waals surface area contributed by atoms with Gasteiger partial charge in [-0.1, -0.05) is 168 Å². The summed E-state index contributed by atoms with van der Waals surface area (Å²) in [5, 5.41) is 9.63. The maximum Gasteiger partial charge on any atom is 0.310 e. The minimum absolute atomic E-state index is 0.0367. The molecule has 1 saturated carbocycles. The maximum absolute atomic E-state index is 13.1. The summed E-state index contributed by atoms with van der Waals surface area (Å²) in [7, 11) is 0. The second-order valence-corrected chi connectivity index (χ2v) is 13.3. The fourth-order valence-electron chi connectivity index (χ4n) is 6.65. The zero-order valence-electron chi connectivity index (χ0n) is 27.6. The highest BCUT2D eigenvalue weighted by Gasteiger charge is 2.37. The van der Waals surface area contributed by atoms with Crippen LogP contribution in [0.25, 0.3) is 0 Å². The van der Waals surface area contributed by atoms with Crippen molar-refractivity contribution >= 4 is 11.9 Å². The predicted octanol–water partition coefficient (Wildman–Crippen LogP) is 12.0. The molecule has 1 aliphatic rings. The molecule has 0 aliphatic heterocycles. The molecule has 0 aromatic carbocycles. The predicted molar refractivity (Wildman–Crippen MR) is 174 cm³/mol. The summed E-state index contributed by atoms with van der Waals surface area (Å²) < 4.78 is 6.06. The van der Waals surface area contributed by atoms with Crippen LogP contribution in [0, 0.1) is 11.8 Å². The summed E-state index contributed by atoms with van der Waals surface area (Å²) in [5.74, 6) is -2.08. The molecule has 0 bridgehead atoms. The summed E-state index contributed by atoms with van der Waals surface area (Å²) in [6.45, 7) is 4.55. The van der Waals surface area contributed by atoms with Crippen molar-refractivity contribution in [3.63, 3.8) is 0 Å². The first-order valence-electron chi connectivity index (χ1n) is 18.5. The Morgan fingerprint density at radius 1 is 0.537 bits per heavy atom. The Hall–Kier alpha value is -1.06. The number of carbonyl (C=O) groups is 2. The Labute approximate surface area is 255 Å². The van der Waals surface area contributed by atoms with Crippen LogP contribution in [0.1, 0.15) is 206 Å². The van der Waals surface area contributed by atoms with Crippen molar-refractivity contribution in [3.05, 3.63) is 0 Å². The Morgan fingerprint density at radius 2 is 0.854 bits per heavy atom. The molecule has 4 nitrogen and oxygen atoms in total. The third kappa shape index (κ3) is 21.3. The molecule has 3 atom stereocenters. The largest absolute Gasteiger partial charge is 0.481 e. The molecule has 0 radical (unpaired) electrons. The first kappa shape index (κ1) is 38.0. The van der Waals surface area contributed by atoms with E-state index in [-0.39, 0.29) is 12.1 Å². The third-order valence-electron chi connectivity index (χ3n) is 9.43. The van der Waals surface area contributed by atoms with Gasteiger partial charge in [-0.25, -0.2) is 0 Å². The minimum atomic E-state index is -0.829. The molecule has 0 heterocycles. The van der Waals surface area contributed by atoms with Crippen LogP contribution in [0.15, 0.2) is 0 Å². The van der Waals surface area contributed by atoms with Crippen molar-refractivity contribution in [3.8, 4) is 0 Å². The van der Waals surface area contributed by atoms with Gasteiger partial charge < -0.3 is 9.84 Å². The number of aliphatic carboxylic acids is 1. The van der Waals surface area contributed by atoms with Crippen LogP contribution in [0.2, 0.25) is 0 Å². The molecule has 1 aliphatic carbocycles. The normalized spacial score (nSPS) is 17.9. The number of hydrogen-bond acceptors (Lipinski definition) is 3. The van der Waals surface area contributed by atoms with Crippen LogP contribution in [0.3, 0.4) is 0 Å². The molecule has 41 heavy (non-hydrogen) atoms. The van der Waals surface area contributed by atoms with Crippen molar-refractivity contribution in [2.75, 3.05) is 0 Å². The molecule has 0 aromatic heterocycles. The monoisotopic (exact) mass is 579 g/mol. The summed E-state index contributed by atoms with van der Waals surface area (Å²) in [6.07, 6.45) is 36.9. The summed E-state index contributed by atoms with van der Waals surface area (Å²) >= 11 is 0. The van der Waals surface area contributed by atoms with Gasteiger partial charge in [-0.3, -0.25) is 9.59 Å². The topological polar surface area (TPSA) is 63.6 Å². The van der Waals surface area contributed by atoms with E-state index in [1.807, 2.05) is 0 Å². The molecule has 0 saturated heterocycles. The lowest BCUT2D eigenvalue weighted by Gasteiger charge is -2.29. The number of carbonyl (C=O) groups excluding carboxylic acids is 1. The average Bonchev–Trinajstić information content (AvgIpc) is 2.98. The molecule has 0 amide bonds. The van der Waals surface area contributed by atoms with Crippen LogP contribution < -0.4 is 0 Å². The van der Waals surface area contributed by atoms with E-state index in [1.54, 1.807) is 0 Å². The zero-order valence-corrected chi connectivity index (χ0v) is 27.6. The van der Waals surface area contributed by atoms with E-state index in [0.29, 0.717) is 12.8 Å². The second-order valence-electron chi connectivity index (χ2n) is 13.3. The Balaban J connectivity index is 2.24. The van der Waals surface area contributed by atoms with Gasteiger partial charge in [-0.2, -0.15) is 0 Å². The first-order valence-corrected chi connectivity index (χ1v) is 18.5. The van der Waals surface area contributed by atoms with Crippen LogP contribution >= 0.6 is 0 Å². The molecule has 0 spiro atoms. The number of carboxylic acid groups (broad SMARTS) is 1. The minimum Gasteiger partial charge on any atom is -0.481 e. The van der Waals surface area contributed by atoms with Gasteiger partial charge in [-0.05, 0) is 38.5 Å². The number of rotatable bonds is 29. The fraction of sp³-hybridized carbons (Fsp3) is 0.946. The lowest BCUT2D eigenvalue weighted by molar-refractivity contribution is -0.164. The third-order valence-corrected chi connectivity index (χ3v) is 9.43. The standard InChI is InChI=1S/C37H70O4/c1-3-5-7-9-11-13-14-15-16-17-18-20-22-24-26-30-33(29-25-23-21-19-12-10-8-6-4-2)41-37(40)35-32-28-27-31-34(35)36(38)39/h33-35H,3-32H2,1-2H3,(H,38,39). The lowest BCUT2D eigenvalue weighted by atomic mass is 9.79. The van der Waals surface area contributed by atoms with Crippen molar-refractivity contribution in [2.24, 2.45) is 11.8 Å². The highest BCUT2D eigenvalue weighted by atomic mass is 16.5. The molecule has 0 aromatic rings. The number of hydrogen-bond donors (Lipinski definition) is 1. The van der Waals surface area contributed by atoms with Crippen LogP contribution in [0.4, 0.5) is 0 Å². The van der Waals surface area contributed by atoms with Crippen LogP contribution in [-0.2, 0) is 14.3 Å². The van der Waals surface area contributed by atoms with E-state index in [1.165, 1.54) is 141 Å². The van der Waals surface area contributed by atoms with Crippen molar-refractivity contribution in [2.45, 2.75) is 213 Å². The van der Waals surface area contributed by atoms with Gasteiger partial charge >= 0.3 is 11.9 Å². The fourth-order valence-corrected chi connectivity index (χ4v) is 6.65. The lowest BCUT2D eigenvalue weighted by Crippen LogP contribution is -2.35. The quantitative estimate of drug-likeness (QED) is 0.0708. The van der Waals surface area contributed by atoms with Gasteiger partial charge in [0.1, 0.15) is 6.10 Å². The zero-order chi connectivity index (χ0) is 29.8.